The van der Waals surface area contributed by atoms with Crippen LogP contribution in [0.2, 0.25) is 0 Å². The molecule has 104 valence electrons. The van der Waals surface area contributed by atoms with Crippen molar-refractivity contribution >= 4 is 10.0 Å². The zero-order valence-electron chi connectivity index (χ0n) is 10.7. The minimum atomic E-state index is -3.57. The monoisotopic (exact) mass is 283 g/mol. The summed E-state index contributed by atoms with van der Waals surface area (Å²) in [7, 11) is -3.57. The van der Waals surface area contributed by atoms with Crippen molar-refractivity contribution in [2.45, 2.75) is 24.7 Å². The highest BCUT2D eigenvalue weighted by Crippen LogP contribution is 2.08. The molecule has 0 spiro atoms. The first-order valence-electron chi connectivity index (χ1n) is 5.96. The van der Waals surface area contributed by atoms with Crippen molar-refractivity contribution < 1.29 is 13.5 Å². The smallest absolute Gasteiger partial charge is 0.242 e. The fourth-order valence-electron chi connectivity index (χ4n) is 1.44. The predicted molar refractivity (Wildman–Crippen MR) is 69.6 cm³/mol. The van der Waals surface area contributed by atoms with E-state index in [4.69, 9.17) is 10.4 Å². The molecule has 0 amide bonds. The van der Waals surface area contributed by atoms with Crippen LogP contribution in [0.15, 0.2) is 23.2 Å². The Labute approximate surface area is 113 Å². The molecule has 7 heteroatoms. The van der Waals surface area contributed by atoms with Gasteiger partial charge in [-0.3, -0.25) is 0 Å². The van der Waals surface area contributed by atoms with Crippen LogP contribution in [0.25, 0.3) is 0 Å². The number of pyridine rings is 1. The van der Waals surface area contributed by atoms with Crippen molar-refractivity contribution in [1.29, 1.82) is 5.26 Å². The van der Waals surface area contributed by atoms with Gasteiger partial charge in [0.25, 0.3) is 0 Å². The van der Waals surface area contributed by atoms with Crippen LogP contribution in [0.3, 0.4) is 0 Å². The summed E-state index contributed by atoms with van der Waals surface area (Å²) in [5, 5.41) is 17.4. The van der Waals surface area contributed by atoms with Gasteiger partial charge in [0.15, 0.2) is 0 Å². The van der Waals surface area contributed by atoms with Crippen molar-refractivity contribution in [3.05, 3.63) is 24.0 Å². The van der Waals surface area contributed by atoms with Gasteiger partial charge in [0, 0.05) is 19.3 Å². The zero-order valence-corrected chi connectivity index (χ0v) is 11.5. The fourth-order valence-corrected chi connectivity index (χ4v) is 2.46. The van der Waals surface area contributed by atoms with E-state index in [1.165, 1.54) is 12.1 Å². The molecule has 2 N–H and O–H groups in total. The van der Waals surface area contributed by atoms with Gasteiger partial charge in [-0.15, -0.1) is 0 Å². The highest BCUT2D eigenvalue weighted by atomic mass is 32.2. The Balaban J connectivity index is 2.54. The minimum absolute atomic E-state index is 0.0432. The largest absolute Gasteiger partial charge is 0.396 e. The summed E-state index contributed by atoms with van der Waals surface area (Å²) in [4.78, 5) is 3.76. The Morgan fingerprint density at radius 1 is 1.53 bits per heavy atom. The average molecular weight is 283 g/mol. The molecule has 1 aromatic heterocycles. The molecule has 0 saturated heterocycles. The van der Waals surface area contributed by atoms with Crippen LogP contribution in [0.1, 0.15) is 25.5 Å². The molecular formula is C12H17N3O3S. The number of aliphatic hydroxyl groups is 1. The predicted octanol–water partition coefficient (Wildman–Crippen LogP) is 0.640. The van der Waals surface area contributed by atoms with Gasteiger partial charge in [-0.25, -0.2) is 18.1 Å². The molecule has 0 aliphatic carbocycles. The maximum atomic E-state index is 11.9. The molecule has 19 heavy (non-hydrogen) atoms. The molecule has 1 aromatic rings. The highest BCUT2D eigenvalue weighted by Gasteiger charge is 2.13. The lowest BCUT2D eigenvalue weighted by Gasteiger charge is -2.09. The van der Waals surface area contributed by atoms with Crippen molar-refractivity contribution in [1.82, 2.24) is 9.71 Å². The van der Waals surface area contributed by atoms with E-state index in [0.29, 0.717) is 13.0 Å². The third-order valence-corrected chi connectivity index (χ3v) is 4.08. The zero-order chi connectivity index (χ0) is 14.3. The first-order valence-corrected chi connectivity index (χ1v) is 7.44. The summed E-state index contributed by atoms with van der Waals surface area (Å²) < 4.78 is 26.2. The second-order valence-corrected chi connectivity index (χ2v) is 6.09. The van der Waals surface area contributed by atoms with E-state index in [2.05, 4.69) is 9.71 Å². The molecular weight excluding hydrogens is 266 g/mol. The summed E-state index contributed by atoms with van der Waals surface area (Å²) in [5.41, 5.74) is 0.177. The van der Waals surface area contributed by atoms with Crippen molar-refractivity contribution in [3.8, 4) is 6.07 Å². The SMILES string of the molecule is CC(CO)CCCNS(=O)(=O)c1ccc(C#N)nc1. The van der Waals surface area contributed by atoms with Crippen LogP contribution in [-0.2, 0) is 10.0 Å². The molecule has 0 fully saturated rings. The number of aliphatic hydroxyl groups excluding tert-OH is 1. The summed E-state index contributed by atoms with van der Waals surface area (Å²) in [6.45, 7) is 2.32. The van der Waals surface area contributed by atoms with E-state index in [0.717, 1.165) is 12.6 Å². The number of rotatable bonds is 7. The lowest BCUT2D eigenvalue weighted by Crippen LogP contribution is -2.25. The molecule has 0 aromatic carbocycles. The topological polar surface area (TPSA) is 103 Å². The summed E-state index contributed by atoms with van der Waals surface area (Å²) in [5.74, 6) is 0.168. The third kappa shape index (κ3) is 4.95. The van der Waals surface area contributed by atoms with Crippen LogP contribution < -0.4 is 4.72 Å². The quantitative estimate of drug-likeness (QED) is 0.715. The maximum absolute atomic E-state index is 11.9. The number of nitriles is 1. The van der Waals surface area contributed by atoms with Gasteiger partial charge in [-0.05, 0) is 30.9 Å². The van der Waals surface area contributed by atoms with Crippen LogP contribution in [0.5, 0.6) is 0 Å². The molecule has 0 radical (unpaired) electrons. The van der Waals surface area contributed by atoms with Gasteiger partial charge in [-0.1, -0.05) is 6.92 Å². The molecule has 1 atom stereocenters. The standard InChI is InChI=1S/C12H17N3O3S/c1-10(9-16)3-2-6-15-19(17,18)12-5-4-11(7-13)14-8-12/h4-5,8,10,15-16H,2-3,6,9H2,1H3. The second-order valence-electron chi connectivity index (χ2n) is 4.32. The fraction of sp³-hybridized carbons (Fsp3) is 0.500. The van der Waals surface area contributed by atoms with Gasteiger partial charge in [0.1, 0.15) is 16.7 Å². The number of nitrogens with one attached hydrogen (secondary N) is 1. The van der Waals surface area contributed by atoms with Gasteiger partial charge in [0.05, 0.1) is 0 Å². The van der Waals surface area contributed by atoms with Crippen LogP contribution >= 0.6 is 0 Å². The molecule has 0 aliphatic heterocycles. The Morgan fingerprint density at radius 2 is 2.26 bits per heavy atom. The van der Waals surface area contributed by atoms with E-state index in [-0.39, 0.29) is 23.1 Å². The van der Waals surface area contributed by atoms with Crippen LogP contribution in [-0.4, -0.2) is 31.7 Å². The molecule has 6 nitrogen and oxygen atoms in total. The normalized spacial score (nSPS) is 12.9. The number of hydrogen-bond donors (Lipinski definition) is 2. The van der Waals surface area contributed by atoms with Gasteiger partial charge in [0.2, 0.25) is 10.0 Å². The molecule has 1 heterocycles. The summed E-state index contributed by atoms with van der Waals surface area (Å²) >= 11 is 0. The number of sulfonamides is 1. The van der Waals surface area contributed by atoms with E-state index < -0.39 is 10.0 Å². The molecule has 0 aliphatic rings. The Kier molecular flexibility index (Phi) is 5.89. The number of hydrogen-bond acceptors (Lipinski definition) is 5. The Hall–Kier alpha value is -1.49. The molecule has 0 saturated carbocycles. The molecule has 1 rings (SSSR count). The van der Waals surface area contributed by atoms with Crippen molar-refractivity contribution in [3.63, 3.8) is 0 Å². The van der Waals surface area contributed by atoms with E-state index in [9.17, 15) is 8.42 Å². The Bertz CT molecular complexity index is 534. The summed E-state index contributed by atoms with van der Waals surface area (Å²) in [6, 6.07) is 4.54. The molecule has 0 bridgehead atoms. The number of aromatic nitrogens is 1. The second kappa shape index (κ2) is 7.19. The lowest BCUT2D eigenvalue weighted by atomic mass is 10.1. The van der Waals surface area contributed by atoms with Gasteiger partial charge in [-0.2, -0.15) is 5.26 Å². The highest BCUT2D eigenvalue weighted by molar-refractivity contribution is 7.89. The summed E-state index contributed by atoms with van der Waals surface area (Å²) in [6.07, 6.45) is 2.58. The third-order valence-electron chi connectivity index (χ3n) is 2.64. The average Bonchev–Trinajstić information content (AvgIpc) is 2.43. The number of nitrogens with zero attached hydrogens (tertiary/aromatic N) is 2. The first-order chi connectivity index (χ1) is 8.99. The van der Waals surface area contributed by atoms with E-state index in [1.54, 1.807) is 0 Å². The van der Waals surface area contributed by atoms with E-state index in [1.807, 2.05) is 13.0 Å². The van der Waals surface area contributed by atoms with Crippen molar-refractivity contribution in [2.24, 2.45) is 5.92 Å². The van der Waals surface area contributed by atoms with Crippen LogP contribution in [0, 0.1) is 17.2 Å². The molecule has 1 unspecified atom stereocenters. The van der Waals surface area contributed by atoms with Crippen LogP contribution in [0.4, 0.5) is 0 Å². The first kappa shape index (κ1) is 15.6. The van der Waals surface area contributed by atoms with Gasteiger partial charge >= 0.3 is 0 Å². The van der Waals surface area contributed by atoms with E-state index >= 15 is 0 Å². The minimum Gasteiger partial charge on any atom is -0.396 e. The maximum Gasteiger partial charge on any atom is 0.242 e. The Morgan fingerprint density at radius 3 is 2.79 bits per heavy atom. The lowest BCUT2D eigenvalue weighted by molar-refractivity contribution is 0.228. The van der Waals surface area contributed by atoms with Gasteiger partial charge < -0.3 is 5.11 Å². The van der Waals surface area contributed by atoms with Crippen molar-refractivity contribution in [2.75, 3.05) is 13.2 Å².